The van der Waals surface area contributed by atoms with Crippen LogP contribution in [0.25, 0.3) is 17.1 Å². The summed E-state index contributed by atoms with van der Waals surface area (Å²) in [6.45, 7) is 0.391. The Morgan fingerprint density at radius 3 is 2.68 bits per heavy atom. The second-order valence-corrected chi connectivity index (χ2v) is 4.09. The maximum atomic E-state index is 5.57. The molecule has 0 amide bonds. The van der Waals surface area contributed by atoms with Gasteiger partial charge in [-0.15, -0.1) is 0 Å². The Bertz CT molecular complexity index is 675. The quantitative estimate of drug-likeness (QED) is 0.770. The van der Waals surface area contributed by atoms with Crippen LogP contribution in [0.15, 0.2) is 55.0 Å². The molecule has 0 aliphatic rings. The third-order valence-corrected chi connectivity index (χ3v) is 2.80. The molecule has 0 fully saturated rings. The highest BCUT2D eigenvalue weighted by Gasteiger charge is 2.05. The largest absolute Gasteiger partial charge is 0.325 e. The lowest BCUT2D eigenvalue weighted by molar-refractivity contribution is 0.790. The van der Waals surface area contributed by atoms with Crippen LogP contribution in [-0.4, -0.2) is 19.7 Å². The van der Waals surface area contributed by atoms with E-state index in [1.54, 1.807) is 23.1 Å². The van der Waals surface area contributed by atoms with Crippen molar-refractivity contribution in [2.45, 2.75) is 6.54 Å². The van der Waals surface area contributed by atoms with Crippen LogP contribution in [0.1, 0.15) is 5.69 Å². The summed E-state index contributed by atoms with van der Waals surface area (Å²) < 4.78 is 1.65. The minimum absolute atomic E-state index is 0.391. The first-order valence-corrected chi connectivity index (χ1v) is 5.99. The normalized spacial score (nSPS) is 10.6. The van der Waals surface area contributed by atoms with Gasteiger partial charge in [-0.25, -0.2) is 14.6 Å². The van der Waals surface area contributed by atoms with Crippen LogP contribution in [0, 0.1) is 0 Å². The lowest BCUT2D eigenvalue weighted by atomic mass is 10.1. The highest BCUT2D eigenvalue weighted by atomic mass is 15.3. The molecule has 5 nitrogen and oxygen atoms in total. The van der Waals surface area contributed by atoms with E-state index in [9.17, 15) is 0 Å². The van der Waals surface area contributed by atoms with Gasteiger partial charge in [-0.3, -0.25) is 0 Å². The van der Waals surface area contributed by atoms with Crippen LogP contribution in [0.3, 0.4) is 0 Å². The van der Waals surface area contributed by atoms with E-state index < -0.39 is 0 Å². The van der Waals surface area contributed by atoms with Crippen LogP contribution in [0.5, 0.6) is 0 Å². The molecule has 2 N–H and O–H groups in total. The molecule has 3 rings (SSSR count). The van der Waals surface area contributed by atoms with Crippen LogP contribution < -0.4 is 5.73 Å². The predicted octanol–water partition coefficient (Wildman–Crippen LogP) is 1.79. The highest BCUT2D eigenvalue weighted by molar-refractivity contribution is 5.61. The summed E-state index contributed by atoms with van der Waals surface area (Å²) in [6.07, 6.45) is 5.40. The zero-order valence-corrected chi connectivity index (χ0v) is 10.3. The van der Waals surface area contributed by atoms with Gasteiger partial charge in [0, 0.05) is 24.5 Å². The molecule has 0 spiro atoms. The van der Waals surface area contributed by atoms with Crippen molar-refractivity contribution in [1.82, 2.24) is 19.7 Å². The Balaban J connectivity index is 1.97. The van der Waals surface area contributed by atoms with E-state index in [1.807, 2.05) is 36.5 Å². The summed E-state index contributed by atoms with van der Waals surface area (Å²) in [5, 5.41) is 4.29. The molecule has 0 bridgehead atoms. The molecule has 0 aliphatic heterocycles. The molecule has 0 saturated heterocycles. The van der Waals surface area contributed by atoms with Crippen LogP contribution in [0.2, 0.25) is 0 Å². The van der Waals surface area contributed by atoms with Gasteiger partial charge in [-0.2, -0.15) is 5.10 Å². The fraction of sp³-hybridized carbons (Fsp3) is 0.0714. The highest BCUT2D eigenvalue weighted by Crippen LogP contribution is 2.18. The Morgan fingerprint density at radius 2 is 1.89 bits per heavy atom. The molecular formula is C14H13N5. The van der Waals surface area contributed by atoms with Gasteiger partial charge in [0.05, 0.1) is 11.9 Å². The SMILES string of the molecule is NCc1ccnc(-n2cc(-c3ccccc3)cn2)n1. The van der Waals surface area contributed by atoms with Crippen molar-refractivity contribution in [2.75, 3.05) is 0 Å². The van der Waals surface area contributed by atoms with Crippen molar-refractivity contribution in [2.24, 2.45) is 5.73 Å². The number of benzene rings is 1. The van der Waals surface area contributed by atoms with E-state index in [0.29, 0.717) is 12.5 Å². The van der Waals surface area contributed by atoms with Crippen molar-refractivity contribution in [3.63, 3.8) is 0 Å². The summed E-state index contributed by atoms with van der Waals surface area (Å²) in [5.41, 5.74) is 8.51. The first kappa shape index (κ1) is 11.6. The number of rotatable bonds is 3. The molecule has 0 saturated carbocycles. The fourth-order valence-electron chi connectivity index (χ4n) is 1.82. The van der Waals surface area contributed by atoms with Crippen molar-refractivity contribution in [1.29, 1.82) is 0 Å². The van der Waals surface area contributed by atoms with Crippen LogP contribution in [-0.2, 0) is 6.54 Å². The maximum absolute atomic E-state index is 5.57. The van der Waals surface area contributed by atoms with E-state index >= 15 is 0 Å². The van der Waals surface area contributed by atoms with Gasteiger partial charge in [-0.1, -0.05) is 30.3 Å². The fourth-order valence-corrected chi connectivity index (χ4v) is 1.82. The van der Waals surface area contributed by atoms with Gasteiger partial charge in [0.25, 0.3) is 5.95 Å². The number of nitrogens with two attached hydrogens (primary N) is 1. The van der Waals surface area contributed by atoms with Gasteiger partial charge in [-0.05, 0) is 11.6 Å². The molecule has 19 heavy (non-hydrogen) atoms. The molecule has 1 aromatic carbocycles. The lowest BCUT2D eigenvalue weighted by Gasteiger charge is -2.00. The van der Waals surface area contributed by atoms with E-state index in [0.717, 1.165) is 16.8 Å². The monoisotopic (exact) mass is 251 g/mol. The molecule has 2 heterocycles. The van der Waals surface area contributed by atoms with E-state index in [4.69, 9.17) is 5.73 Å². The molecule has 94 valence electrons. The van der Waals surface area contributed by atoms with Gasteiger partial charge in [0.2, 0.25) is 0 Å². The Hall–Kier alpha value is -2.53. The molecule has 0 unspecified atom stereocenters. The van der Waals surface area contributed by atoms with Crippen LogP contribution >= 0.6 is 0 Å². The molecule has 0 atom stereocenters. The third kappa shape index (κ3) is 2.36. The van der Waals surface area contributed by atoms with E-state index in [1.165, 1.54) is 0 Å². The van der Waals surface area contributed by atoms with Crippen molar-refractivity contribution in [3.05, 3.63) is 60.7 Å². The van der Waals surface area contributed by atoms with E-state index in [2.05, 4.69) is 15.1 Å². The minimum atomic E-state index is 0.391. The van der Waals surface area contributed by atoms with E-state index in [-0.39, 0.29) is 0 Å². The number of nitrogens with zero attached hydrogens (tertiary/aromatic N) is 4. The number of hydrogen-bond donors (Lipinski definition) is 1. The molecule has 2 aromatic heterocycles. The van der Waals surface area contributed by atoms with Gasteiger partial charge >= 0.3 is 0 Å². The Kier molecular flexibility index (Phi) is 3.04. The van der Waals surface area contributed by atoms with Crippen molar-refractivity contribution >= 4 is 0 Å². The molecular weight excluding hydrogens is 238 g/mol. The van der Waals surface area contributed by atoms with Crippen molar-refractivity contribution < 1.29 is 0 Å². The second-order valence-electron chi connectivity index (χ2n) is 4.09. The summed E-state index contributed by atoms with van der Waals surface area (Å²) in [7, 11) is 0. The van der Waals surface area contributed by atoms with Gasteiger partial charge in [0.1, 0.15) is 0 Å². The average molecular weight is 251 g/mol. The number of aromatic nitrogens is 4. The van der Waals surface area contributed by atoms with Gasteiger partial charge in [0.15, 0.2) is 0 Å². The minimum Gasteiger partial charge on any atom is -0.325 e. The average Bonchev–Trinajstić information content (AvgIpc) is 2.98. The van der Waals surface area contributed by atoms with Crippen LogP contribution in [0.4, 0.5) is 0 Å². The first-order valence-electron chi connectivity index (χ1n) is 5.99. The maximum Gasteiger partial charge on any atom is 0.250 e. The number of hydrogen-bond acceptors (Lipinski definition) is 4. The van der Waals surface area contributed by atoms with Crippen molar-refractivity contribution in [3.8, 4) is 17.1 Å². The summed E-state index contributed by atoms with van der Waals surface area (Å²) in [4.78, 5) is 8.53. The lowest BCUT2D eigenvalue weighted by Crippen LogP contribution is -2.06. The molecule has 0 aliphatic carbocycles. The molecule has 3 aromatic rings. The standard InChI is InChI=1S/C14H13N5/c15-8-13-6-7-16-14(18-13)19-10-12(9-17-19)11-4-2-1-3-5-11/h1-7,9-10H,8,15H2. The molecule has 5 heteroatoms. The summed E-state index contributed by atoms with van der Waals surface area (Å²) >= 11 is 0. The van der Waals surface area contributed by atoms with Gasteiger partial charge < -0.3 is 5.73 Å². The third-order valence-electron chi connectivity index (χ3n) is 2.80. The Morgan fingerprint density at radius 1 is 1.05 bits per heavy atom. The second kappa shape index (κ2) is 4.99. The smallest absolute Gasteiger partial charge is 0.250 e. The topological polar surface area (TPSA) is 69.6 Å². The Labute approximate surface area is 110 Å². The first-order chi connectivity index (χ1) is 9.36. The zero-order valence-electron chi connectivity index (χ0n) is 10.3. The molecule has 0 radical (unpaired) electrons. The summed E-state index contributed by atoms with van der Waals surface area (Å²) in [5.74, 6) is 0.533. The zero-order chi connectivity index (χ0) is 13.1. The summed E-state index contributed by atoms with van der Waals surface area (Å²) in [6, 6.07) is 11.9. The predicted molar refractivity (Wildman–Crippen MR) is 72.5 cm³/mol.